The number of benzene rings is 2. The van der Waals surface area contributed by atoms with Crippen molar-refractivity contribution in [3.8, 4) is 5.75 Å². The number of amides is 2. The number of thioether (sulfide) groups is 1. The van der Waals surface area contributed by atoms with Crippen LogP contribution in [0.3, 0.4) is 0 Å². The number of hydrogen-bond donors (Lipinski definition) is 1. The Balaban J connectivity index is 0.00000256. The Hall–Kier alpha value is -1.74. The smallest absolute Gasteiger partial charge is 0.548 e. The van der Waals surface area contributed by atoms with Crippen molar-refractivity contribution in [2.45, 2.75) is 43.0 Å². The van der Waals surface area contributed by atoms with E-state index in [2.05, 4.69) is 5.32 Å². The number of carbonyl (C=O) groups is 3. The van der Waals surface area contributed by atoms with E-state index >= 15 is 0 Å². The molecule has 0 unspecified atom stereocenters. The van der Waals surface area contributed by atoms with Crippen molar-refractivity contribution >= 4 is 40.3 Å². The number of hydrogen-bond acceptors (Lipinski definition) is 6. The van der Waals surface area contributed by atoms with Gasteiger partial charge in [0.05, 0.1) is 24.2 Å². The van der Waals surface area contributed by atoms with Gasteiger partial charge in [-0.3, -0.25) is 9.59 Å². The molecule has 9 heteroatoms. The number of β-lactam (4-membered cyclic amide) rings is 1. The first-order valence-electron chi connectivity index (χ1n) is 9.42. The van der Waals surface area contributed by atoms with Gasteiger partial charge in [0.15, 0.2) is 0 Å². The number of nitrogens with zero attached hydrogens (tertiary/aromatic N) is 1. The van der Waals surface area contributed by atoms with Crippen molar-refractivity contribution in [2.24, 2.45) is 0 Å². The van der Waals surface area contributed by atoms with E-state index in [0.29, 0.717) is 17.9 Å². The maximum absolute atomic E-state index is 13.2. The Kier molecular flexibility index (Phi) is 6.43. The predicted octanol–water partition coefficient (Wildman–Crippen LogP) is -1.85. The number of carbonyl (C=O) groups excluding carboxylic acids is 3. The third-order valence-electron chi connectivity index (χ3n) is 5.37. The van der Waals surface area contributed by atoms with E-state index in [9.17, 15) is 19.5 Å². The number of ether oxygens (including phenoxy) is 1. The van der Waals surface area contributed by atoms with Gasteiger partial charge < -0.3 is 24.9 Å². The summed E-state index contributed by atoms with van der Waals surface area (Å²) >= 11 is 1.36. The summed E-state index contributed by atoms with van der Waals surface area (Å²) in [5.41, 5.74) is 0.370. The van der Waals surface area contributed by atoms with Crippen molar-refractivity contribution in [1.82, 2.24) is 10.2 Å². The summed E-state index contributed by atoms with van der Waals surface area (Å²) in [5, 5.41) is 15.5. The van der Waals surface area contributed by atoms with E-state index in [0.717, 1.165) is 10.8 Å². The van der Waals surface area contributed by atoms with Gasteiger partial charge in [-0.15, -0.1) is 11.8 Å². The number of aliphatic carboxylic acids is 1. The van der Waals surface area contributed by atoms with Gasteiger partial charge in [-0.1, -0.05) is 30.3 Å². The zero-order chi connectivity index (χ0) is 20.9. The molecule has 30 heavy (non-hydrogen) atoms. The van der Waals surface area contributed by atoms with Gasteiger partial charge in [-0.2, -0.15) is 0 Å². The summed E-state index contributed by atoms with van der Waals surface area (Å²) in [4.78, 5) is 38.7. The quantitative estimate of drug-likeness (QED) is 0.437. The van der Waals surface area contributed by atoms with Crippen LogP contribution in [0.1, 0.15) is 31.1 Å². The SMILES string of the molecule is CCOc1ccc2ccccc2c1C(=O)N[C@@H]1C(=O)N2[C@@H]1SC(C)(C)[C@@H]2C(=O)[O-].[Na+]. The first-order chi connectivity index (χ1) is 13.8. The third kappa shape index (κ3) is 3.60. The standard InChI is InChI=1S/C21H22N2O5S.Na/c1-4-28-13-10-9-11-7-5-6-8-12(11)14(13)17(24)22-15-18(25)23-16(20(26)27)21(2,3)29-19(15)23;/h5-10,15-16,19H,4H2,1-3H3,(H,22,24)(H,26,27);/q;+1/p-1/t15-,16+,19-;/m1./s1. The summed E-state index contributed by atoms with van der Waals surface area (Å²) in [5.74, 6) is -1.66. The topological polar surface area (TPSA) is 98.8 Å². The van der Waals surface area contributed by atoms with Crippen LogP contribution < -0.4 is 44.7 Å². The fraction of sp³-hybridized carbons (Fsp3) is 0.381. The normalized spacial score (nSPS) is 23.9. The molecule has 0 aromatic heterocycles. The number of carboxylic acid groups (broad SMARTS) is 1. The summed E-state index contributed by atoms with van der Waals surface area (Å²) in [7, 11) is 0. The van der Waals surface area contributed by atoms with E-state index in [1.165, 1.54) is 16.7 Å². The van der Waals surface area contributed by atoms with E-state index in [1.807, 2.05) is 37.3 Å². The second-order valence-electron chi connectivity index (χ2n) is 7.62. The van der Waals surface area contributed by atoms with Crippen LogP contribution in [0.5, 0.6) is 5.75 Å². The molecule has 1 N–H and O–H groups in total. The molecule has 2 aliphatic heterocycles. The molecule has 2 heterocycles. The number of fused-ring (bicyclic) bond motifs is 2. The monoisotopic (exact) mass is 436 g/mol. The molecular formula is C21H21N2NaO5S. The first-order valence-corrected chi connectivity index (χ1v) is 10.3. The van der Waals surface area contributed by atoms with Crippen LogP contribution in [0.15, 0.2) is 36.4 Å². The average Bonchev–Trinajstić information content (AvgIpc) is 2.94. The largest absolute Gasteiger partial charge is 1.00 e. The fourth-order valence-corrected chi connectivity index (χ4v) is 5.72. The molecule has 3 atom stereocenters. The van der Waals surface area contributed by atoms with Crippen molar-refractivity contribution < 1.29 is 53.8 Å². The second kappa shape index (κ2) is 8.42. The molecular weight excluding hydrogens is 415 g/mol. The fourth-order valence-electron chi connectivity index (χ4n) is 4.10. The maximum Gasteiger partial charge on any atom is 1.00 e. The van der Waals surface area contributed by atoms with Crippen LogP contribution in [0.25, 0.3) is 10.8 Å². The van der Waals surface area contributed by atoms with Crippen LogP contribution >= 0.6 is 11.8 Å². The maximum atomic E-state index is 13.2. The molecule has 2 amide bonds. The number of rotatable bonds is 5. The summed E-state index contributed by atoms with van der Waals surface area (Å²) < 4.78 is 4.95. The molecule has 4 rings (SSSR count). The Morgan fingerprint density at radius 3 is 2.60 bits per heavy atom. The molecule has 2 aliphatic rings. The Bertz CT molecular complexity index is 1030. The molecule has 0 saturated carbocycles. The third-order valence-corrected chi connectivity index (χ3v) is 6.94. The molecule has 2 aromatic rings. The van der Waals surface area contributed by atoms with Gasteiger partial charge in [0.2, 0.25) is 5.91 Å². The van der Waals surface area contributed by atoms with E-state index in [1.54, 1.807) is 19.9 Å². The number of nitrogens with one attached hydrogen (secondary N) is 1. The van der Waals surface area contributed by atoms with Gasteiger partial charge in [-0.05, 0) is 37.6 Å². The van der Waals surface area contributed by atoms with Crippen molar-refractivity contribution in [2.75, 3.05) is 6.61 Å². The Labute approximate surface area is 200 Å². The van der Waals surface area contributed by atoms with Gasteiger partial charge in [-0.25, -0.2) is 0 Å². The molecule has 0 spiro atoms. The summed E-state index contributed by atoms with van der Waals surface area (Å²) in [6.45, 7) is 5.76. The van der Waals surface area contributed by atoms with E-state index in [4.69, 9.17) is 4.74 Å². The summed E-state index contributed by atoms with van der Waals surface area (Å²) in [6, 6.07) is 9.28. The minimum atomic E-state index is -1.28. The molecule has 0 radical (unpaired) electrons. The molecule has 7 nitrogen and oxygen atoms in total. The van der Waals surface area contributed by atoms with Crippen LogP contribution in [-0.4, -0.2) is 51.5 Å². The van der Waals surface area contributed by atoms with Crippen LogP contribution in [-0.2, 0) is 9.59 Å². The minimum Gasteiger partial charge on any atom is -0.548 e. The van der Waals surface area contributed by atoms with Crippen LogP contribution in [0.2, 0.25) is 0 Å². The molecule has 152 valence electrons. The van der Waals surface area contributed by atoms with Gasteiger partial charge in [0, 0.05) is 4.75 Å². The van der Waals surface area contributed by atoms with E-state index < -0.39 is 40.0 Å². The first kappa shape index (κ1) is 22.9. The van der Waals surface area contributed by atoms with Gasteiger partial charge >= 0.3 is 29.6 Å². The number of carboxylic acids is 1. The Morgan fingerprint density at radius 1 is 1.23 bits per heavy atom. The molecule has 2 fully saturated rings. The summed E-state index contributed by atoms with van der Waals surface area (Å²) in [6.07, 6.45) is 0. The van der Waals surface area contributed by atoms with Gasteiger partial charge in [0.1, 0.15) is 17.2 Å². The minimum absolute atomic E-state index is 0. The van der Waals surface area contributed by atoms with Crippen LogP contribution in [0, 0.1) is 0 Å². The average molecular weight is 436 g/mol. The molecule has 0 aliphatic carbocycles. The van der Waals surface area contributed by atoms with Crippen molar-refractivity contribution in [3.05, 3.63) is 42.0 Å². The van der Waals surface area contributed by atoms with Crippen molar-refractivity contribution in [1.29, 1.82) is 0 Å². The van der Waals surface area contributed by atoms with Crippen molar-refractivity contribution in [3.63, 3.8) is 0 Å². The second-order valence-corrected chi connectivity index (χ2v) is 9.39. The predicted molar refractivity (Wildman–Crippen MR) is 107 cm³/mol. The molecule has 2 aromatic carbocycles. The zero-order valence-corrected chi connectivity index (χ0v) is 20.1. The molecule has 2 saturated heterocycles. The van der Waals surface area contributed by atoms with Gasteiger partial charge in [0.25, 0.3) is 5.91 Å². The zero-order valence-electron chi connectivity index (χ0n) is 17.3. The Morgan fingerprint density at radius 2 is 1.93 bits per heavy atom. The van der Waals surface area contributed by atoms with E-state index in [-0.39, 0.29) is 29.6 Å². The molecule has 0 bridgehead atoms. The van der Waals surface area contributed by atoms with Crippen LogP contribution in [0.4, 0.5) is 0 Å².